The van der Waals surface area contributed by atoms with Crippen LogP contribution < -0.4 is 16.1 Å². The van der Waals surface area contributed by atoms with Crippen LogP contribution in [0.3, 0.4) is 0 Å². The summed E-state index contributed by atoms with van der Waals surface area (Å²) >= 11 is 0. The standard InChI is InChI=1S/C16H13NO4/c17-11-1-4-13(5-2-11)20-9-10-7-16(19)21-15-8-12(18)3-6-14(10)15/h1-8,18H,9,17H2. The van der Waals surface area contributed by atoms with Crippen LogP contribution in [-0.4, -0.2) is 5.11 Å². The zero-order valence-corrected chi connectivity index (χ0v) is 11.1. The molecule has 106 valence electrons. The molecule has 3 aromatic rings. The highest BCUT2D eigenvalue weighted by atomic mass is 16.5. The van der Waals surface area contributed by atoms with E-state index in [1.807, 2.05) is 0 Å². The van der Waals surface area contributed by atoms with Gasteiger partial charge in [-0.3, -0.25) is 0 Å². The molecule has 2 aromatic carbocycles. The summed E-state index contributed by atoms with van der Waals surface area (Å²) in [6, 6.07) is 13.0. The third-order valence-corrected chi connectivity index (χ3v) is 3.09. The number of hydrogen-bond acceptors (Lipinski definition) is 5. The summed E-state index contributed by atoms with van der Waals surface area (Å²) < 4.78 is 10.7. The molecule has 3 N–H and O–H groups in total. The number of nitrogen functional groups attached to an aromatic ring is 1. The molecule has 0 aliphatic carbocycles. The molecule has 0 bridgehead atoms. The average Bonchev–Trinajstić information content (AvgIpc) is 2.45. The Morgan fingerprint density at radius 1 is 1.10 bits per heavy atom. The van der Waals surface area contributed by atoms with Gasteiger partial charge in [0.25, 0.3) is 0 Å². The van der Waals surface area contributed by atoms with Gasteiger partial charge in [0.05, 0.1) is 0 Å². The van der Waals surface area contributed by atoms with Crippen LogP contribution >= 0.6 is 0 Å². The van der Waals surface area contributed by atoms with Crippen molar-refractivity contribution in [3.8, 4) is 11.5 Å². The van der Waals surface area contributed by atoms with Crippen molar-refractivity contribution in [2.45, 2.75) is 6.61 Å². The van der Waals surface area contributed by atoms with E-state index < -0.39 is 5.63 Å². The molecule has 5 nitrogen and oxygen atoms in total. The second-order valence-corrected chi connectivity index (χ2v) is 4.63. The van der Waals surface area contributed by atoms with Crippen LogP contribution in [0.25, 0.3) is 11.0 Å². The van der Waals surface area contributed by atoms with Gasteiger partial charge in [-0.1, -0.05) is 0 Å². The van der Waals surface area contributed by atoms with Gasteiger partial charge in [-0.05, 0) is 36.4 Å². The van der Waals surface area contributed by atoms with E-state index in [-0.39, 0.29) is 12.4 Å². The van der Waals surface area contributed by atoms with Crippen LogP contribution in [0.5, 0.6) is 11.5 Å². The minimum absolute atomic E-state index is 0.0438. The first kappa shape index (κ1) is 13.1. The van der Waals surface area contributed by atoms with Gasteiger partial charge in [0.15, 0.2) is 0 Å². The van der Waals surface area contributed by atoms with Crippen LogP contribution in [0, 0.1) is 0 Å². The van der Waals surface area contributed by atoms with Crippen LogP contribution in [0.4, 0.5) is 5.69 Å². The first-order valence-corrected chi connectivity index (χ1v) is 6.36. The molecule has 3 rings (SSSR count). The number of phenols is 1. The summed E-state index contributed by atoms with van der Waals surface area (Å²) in [5, 5.41) is 10.2. The second-order valence-electron chi connectivity index (χ2n) is 4.63. The molecule has 0 radical (unpaired) electrons. The number of aromatic hydroxyl groups is 1. The first-order valence-electron chi connectivity index (χ1n) is 6.36. The van der Waals surface area contributed by atoms with E-state index >= 15 is 0 Å². The number of fused-ring (bicyclic) bond motifs is 1. The van der Waals surface area contributed by atoms with Crippen molar-refractivity contribution < 1.29 is 14.3 Å². The highest BCUT2D eigenvalue weighted by Crippen LogP contribution is 2.23. The number of nitrogens with two attached hydrogens (primary N) is 1. The minimum Gasteiger partial charge on any atom is -0.508 e. The number of phenolic OH excluding ortho intramolecular Hbond substituents is 1. The molecule has 0 unspecified atom stereocenters. The summed E-state index contributed by atoms with van der Waals surface area (Å²) in [6.45, 7) is 0.219. The Kier molecular flexibility index (Phi) is 3.23. The lowest BCUT2D eigenvalue weighted by atomic mass is 10.1. The molecular weight excluding hydrogens is 270 g/mol. The molecule has 0 saturated heterocycles. The fourth-order valence-electron chi connectivity index (χ4n) is 2.06. The van der Waals surface area contributed by atoms with Crippen molar-refractivity contribution in [1.29, 1.82) is 0 Å². The Morgan fingerprint density at radius 2 is 1.86 bits per heavy atom. The third-order valence-electron chi connectivity index (χ3n) is 3.09. The van der Waals surface area contributed by atoms with E-state index in [2.05, 4.69) is 0 Å². The topological polar surface area (TPSA) is 85.7 Å². The molecule has 5 heteroatoms. The molecule has 0 atom stereocenters. The van der Waals surface area contributed by atoms with Gasteiger partial charge < -0.3 is 20.0 Å². The predicted octanol–water partition coefficient (Wildman–Crippen LogP) is 2.66. The Morgan fingerprint density at radius 3 is 2.62 bits per heavy atom. The van der Waals surface area contributed by atoms with Gasteiger partial charge >= 0.3 is 5.63 Å². The zero-order chi connectivity index (χ0) is 14.8. The van der Waals surface area contributed by atoms with Crippen molar-refractivity contribution in [1.82, 2.24) is 0 Å². The number of anilines is 1. The summed E-state index contributed by atoms with van der Waals surface area (Å²) in [5.41, 5.74) is 6.81. The number of ether oxygens (including phenoxy) is 1. The lowest BCUT2D eigenvalue weighted by Crippen LogP contribution is -2.04. The van der Waals surface area contributed by atoms with Crippen molar-refractivity contribution in [3.05, 3.63) is 64.5 Å². The Balaban J connectivity index is 1.93. The fourth-order valence-corrected chi connectivity index (χ4v) is 2.06. The highest BCUT2D eigenvalue weighted by molar-refractivity contribution is 5.81. The number of rotatable bonds is 3. The Labute approximate surface area is 120 Å². The molecule has 21 heavy (non-hydrogen) atoms. The maximum absolute atomic E-state index is 11.6. The van der Waals surface area contributed by atoms with Crippen molar-refractivity contribution >= 4 is 16.7 Å². The van der Waals surface area contributed by atoms with E-state index in [0.29, 0.717) is 22.6 Å². The smallest absolute Gasteiger partial charge is 0.336 e. The summed E-state index contributed by atoms with van der Waals surface area (Å²) in [7, 11) is 0. The van der Waals surface area contributed by atoms with Crippen molar-refractivity contribution in [2.75, 3.05) is 5.73 Å². The summed E-state index contributed by atoms with van der Waals surface area (Å²) in [4.78, 5) is 11.6. The quantitative estimate of drug-likeness (QED) is 0.570. The lowest BCUT2D eigenvalue weighted by molar-refractivity contribution is 0.306. The van der Waals surface area contributed by atoms with Gasteiger partial charge in [-0.25, -0.2) is 4.79 Å². The van der Waals surface area contributed by atoms with Crippen molar-refractivity contribution in [2.24, 2.45) is 0 Å². The van der Waals surface area contributed by atoms with Gasteiger partial charge in [0.1, 0.15) is 23.7 Å². The second kappa shape index (κ2) is 5.20. The molecule has 0 saturated carbocycles. The van der Waals surface area contributed by atoms with Gasteiger partial charge in [0, 0.05) is 28.8 Å². The summed E-state index contributed by atoms with van der Waals surface area (Å²) in [6.07, 6.45) is 0. The molecule has 0 aliphatic rings. The number of hydrogen-bond donors (Lipinski definition) is 2. The molecule has 0 spiro atoms. The Bertz CT molecular complexity index is 837. The van der Waals surface area contributed by atoms with Gasteiger partial charge in [0.2, 0.25) is 0 Å². The van der Waals surface area contributed by atoms with Crippen LogP contribution in [0.2, 0.25) is 0 Å². The van der Waals surface area contributed by atoms with Gasteiger partial charge in [-0.15, -0.1) is 0 Å². The fraction of sp³-hybridized carbons (Fsp3) is 0.0625. The minimum atomic E-state index is -0.482. The molecule has 1 aromatic heterocycles. The normalized spacial score (nSPS) is 10.7. The molecule has 1 heterocycles. The molecular formula is C16H13NO4. The molecule has 0 amide bonds. The first-order chi connectivity index (χ1) is 10.1. The molecule has 0 aliphatic heterocycles. The third kappa shape index (κ3) is 2.81. The SMILES string of the molecule is Nc1ccc(OCc2cc(=O)oc3cc(O)ccc23)cc1. The predicted molar refractivity (Wildman–Crippen MR) is 79.3 cm³/mol. The zero-order valence-electron chi connectivity index (χ0n) is 11.1. The highest BCUT2D eigenvalue weighted by Gasteiger charge is 2.07. The van der Waals surface area contributed by atoms with Crippen LogP contribution in [0.1, 0.15) is 5.56 Å². The molecule has 0 fully saturated rings. The largest absolute Gasteiger partial charge is 0.508 e. The van der Waals surface area contributed by atoms with Crippen molar-refractivity contribution in [3.63, 3.8) is 0 Å². The monoisotopic (exact) mass is 283 g/mol. The van der Waals surface area contributed by atoms with Crippen LogP contribution in [0.15, 0.2) is 57.7 Å². The van der Waals surface area contributed by atoms with E-state index in [0.717, 1.165) is 5.39 Å². The summed E-state index contributed by atoms with van der Waals surface area (Å²) in [5.74, 6) is 0.701. The van der Waals surface area contributed by atoms with E-state index in [9.17, 15) is 9.90 Å². The van der Waals surface area contributed by atoms with E-state index in [4.69, 9.17) is 14.9 Å². The Hall–Kier alpha value is -2.95. The lowest BCUT2D eigenvalue weighted by Gasteiger charge is -2.08. The maximum atomic E-state index is 11.6. The van der Waals surface area contributed by atoms with E-state index in [1.54, 1.807) is 30.3 Å². The van der Waals surface area contributed by atoms with Gasteiger partial charge in [-0.2, -0.15) is 0 Å². The van der Waals surface area contributed by atoms with E-state index in [1.165, 1.54) is 18.2 Å². The average molecular weight is 283 g/mol. The van der Waals surface area contributed by atoms with Crippen LogP contribution in [-0.2, 0) is 6.61 Å². The maximum Gasteiger partial charge on any atom is 0.336 e. The number of benzene rings is 2.